The maximum absolute atomic E-state index is 13.0. The van der Waals surface area contributed by atoms with Gasteiger partial charge in [-0.05, 0) is 106 Å². The van der Waals surface area contributed by atoms with Gasteiger partial charge in [0, 0.05) is 24.8 Å². The third-order valence-corrected chi connectivity index (χ3v) is 8.77. The number of carboxylic acids is 1. The standard InChI is InChI=1S/C29H37F3N4O2/c1-19(35-14-10-20(11-15-35)17-25-9-6-22-3-2-13-33-27(22)34-25)23-12-16-36(18-23)26(28(37)38)21-4-7-24(8-5-21)29(30,31)32/h4-9,19-20,23,26H,2-3,10-18H2,1H3,(H,33,34)(H,37,38)/t19-,23+,26-/m0/s1. The summed E-state index contributed by atoms with van der Waals surface area (Å²) in [5.41, 5.74) is 2.11. The largest absolute Gasteiger partial charge is 0.480 e. The van der Waals surface area contributed by atoms with Crippen molar-refractivity contribution in [3.05, 3.63) is 58.8 Å². The fraction of sp³-hybridized carbons (Fsp3) is 0.586. The van der Waals surface area contributed by atoms with Crippen molar-refractivity contribution >= 4 is 11.8 Å². The number of pyridine rings is 1. The van der Waals surface area contributed by atoms with Crippen LogP contribution in [0, 0.1) is 11.8 Å². The molecule has 3 aliphatic heterocycles. The van der Waals surface area contributed by atoms with Crippen molar-refractivity contribution < 1.29 is 23.1 Å². The third-order valence-electron chi connectivity index (χ3n) is 8.77. The van der Waals surface area contributed by atoms with E-state index in [4.69, 9.17) is 4.98 Å². The fourth-order valence-electron chi connectivity index (χ4n) is 6.45. The Morgan fingerprint density at radius 1 is 1.08 bits per heavy atom. The molecule has 5 rings (SSSR count). The molecule has 4 heterocycles. The summed E-state index contributed by atoms with van der Waals surface area (Å²) in [6.45, 7) is 6.53. The first-order chi connectivity index (χ1) is 18.2. The lowest BCUT2D eigenvalue weighted by molar-refractivity contribution is -0.143. The number of anilines is 1. The van der Waals surface area contributed by atoms with Gasteiger partial charge in [0.25, 0.3) is 0 Å². The number of fused-ring (bicyclic) bond motifs is 1. The first kappa shape index (κ1) is 26.9. The molecule has 1 aromatic heterocycles. The number of benzene rings is 1. The molecule has 38 heavy (non-hydrogen) atoms. The molecule has 6 nitrogen and oxygen atoms in total. The molecule has 0 spiro atoms. The van der Waals surface area contributed by atoms with E-state index in [9.17, 15) is 23.1 Å². The number of likely N-dealkylation sites (tertiary alicyclic amines) is 2. The third kappa shape index (κ3) is 5.99. The zero-order chi connectivity index (χ0) is 26.9. The van der Waals surface area contributed by atoms with Crippen molar-refractivity contribution in [3.63, 3.8) is 0 Å². The van der Waals surface area contributed by atoms with Crippen LogP contribution in [0.15, 0.2) is 36.4 Å². The quantitative estimate of drug-likeness (QED) is 0.510. The Morgan fingerprint density at radius 2 is 1.79 bits per heavy atom. The monoisotopic (exact) mass is 530 g/mol. The molecule has 0 radical (unpaired) electrons. The lowest BCUT2D eigenvalue weighted by Crippen LogP contribution is -2.45. The molecule has 0 saturated carbocycles. The van der Waals surface area contributed by atoms with Gasteiger partial charge in [-0.1, -0.05) is 18.2 Å². The summed E-state index contributed by atoms with van der Waals surface area (Å²) in [7, 11) is 0. The van der Waals surface area contributed by atoms with E-state index >= 15 is 0 Å². The van der Waals surface area contributed by atoms with Crippen molar-refractivity contribution in [2.75, 3.05) is 38.0 Å². The molecule has 0 aliphatic carbocycles. The number of aryl methyl sites for hydroxylation is 1. The van der Waals surface area contributed by atoms with Gasteiger partial charge in [-0.2, -0.15) is 13.2 Å². The summed E-state index contributed by atoms with van der Waals surface area (Å²) in [6, 6.07) is 8.36. The molecule has 206 valence electrons. The molecular formula is C29H37F3N4O2. The average molecular weight is 531 g/mol. The summed E-state index contributed by atoms with van der Waals surface area (Å²) in [5, 5.41) is 13.3. The van der Waals surface area contributed by atoms with Gasteiger partial charge in [0.15, 0.2) is 0 Å². The zero-order valence-corrected chi connectivity index (χ0v) is 21.9. The van der Waals surface area contributed by atoms with Gasteiger partial charge in [0.1, 0.15) is 11.9 Å². The lowest BCUT2D eigenvalue weighted by Gasteiger charge is -2.38. The fourth-order valence-corrected chi connectivity index (χ4v) is 6.45. The molecule has 0 amide bonds. The summed E-state index contributed by atoms with van der Waals surface area (Å²) in [6.07, 6.45) is 1.95. The normalized spacial score (nSPS) is 23.0. The predicted octanol–water partition coefficient (Wildman–Crippen LogP) is 5.25. The van der Waals surface area contributed by atoms with Gasteiger partial charge < -0.3 is 15.3 Å². The van der Waals surface area contributed by atoms with Crippen molar-refractivity contribution in [3.8, 4) is 0 Å². The van der Waals surface area contributed by atoms with Gasteiger partial charge in [-0.15, -0.1) is 0 Å². The summed E-state index contributed by atoms with van der Waals surface area (Å²) >= 11 is 0. The van der Waals surface area contributed by atoms with Crippen LogP contribution in [0.4, 0.5) is 19.0 Å². The molecular weight excluding hydrogens is 493 g/mol. The molecule has 9 heteroatoms. The maximum atomic E-state index is 13.0. The number of aliphatic carboxylic acids is 1. The molecule has 1 aromatic carbocycles. The number of nitrogens with one attached hydrogen (secondary N) is 1. The molecule has 3 aliphatic rings. The highest BCUT2D eigenvalue weighted by Crippen LogP contribution is 2.35. The highest BCUT2D eigenvalue weighted by molar-refractivity contribution is 5.75. The highest BCUT2D eigenvalue weighted by atomic mass is 19.4. The van der Waals surface area contributed by atoms with Gasteiger partial charge in [-0.25, -0.2) is 4.98 Å². The van der Waals surface area contributed by atoms with E-state index in [1.54, 1.807) is 0 Å². The molecule has 2 N–H and O–H groups in total. The van der Waals surface area contributed by atoms with E-state index in [1.807, 2.05) is 4.90 Å². The Labute approximate surface area is 222 Å². The predicted molar refractivity (Wildman–Crippen MR) is 140 cm³/mol. The van der Waals surface area contributed by atoms with E-state index in [-0.39, 0.29) is 0 Å². The molecule has 2 fully saturated rings. The Bertz CT molecular complexity index is 1120. The van der Waals surface area contributed by atoms with Crippen LogP contribution in [0.25, 0.3) is 0 Å². The Morgan fingerprint density at radius 3 is 2.47 bits per heavy atom. The highest BCUT2D eigenvalue weighted by Gasteiger charge is 2.38. The van der Waals surface area contributed by atoms with Crippen LogP contribution >= 0.6 is 0 Å². The smallest absolute Gasteiger partial charge is 0.416 e. The number of nitrogens with zero attached hydrogens (tertiary/aromatic N) is 3. The first-order valence-corrected chi connectivity index (χ1v) is 13.8. The Balaban J connectivity index is 1.14. The van der Waals surface area contributed by atoms with E-state index in [0.29, 0.717) is 36.5 Å². The SMILES string of the molecule is C[C@@H]([C@@H]1CCN([C@H](C(=O)O)c2ccc(C(F)(F)F)cc2)C1)N1CCC(Cc2ccc3c(n2)NCCC3)CC1. The number of halogens is 3. The topological polar surface area (TPSA) is 68.7 Å². The summed E-state index contributed by atoms with van der Waals surface area (Å²) in [5.74, 6) is 0.978. The second-order valence-electron chi connectivity index (χ2n) is 11.2. The van der Waals surface area contributed by atoms with Crippen LogP contribution < -0.4 is 5.32 Å². The first-order valence-electron chi connectivity index (χ1n) is 13.8. The number of carboxylic acid groups (broad SMARTS) is 1. The average Bonchev–Trinajstić information content (AvgIpc) is 3.38. The number of piperidine rings is 1. The van der Waals surface area contributed by atoms with Crippen LogP contribution in [0.2, 0.25) is 0 Å². The number of hydrogen-bond donors (Lipinski definition) is 2. The minimum Gasteiger partial charge on any atom is -0.480 e. The molecule has 0 bridgehead atoms. The Hall–Kier alpha value is -2.65. The van der Waals surface area contributed by atoms with Gasteiger partial charge in [0.05, 0.1) is 5.56 Å². The second-order valence-corrected chi connectivity index (χ2v) is 11.2. The lowest BCUT2D eigenvalue weighted by atomic mass is 9.89. The van der Waals surface area contributed by atoms with Gasteiger partial charge >= 0.3 is 12.1 Å². The van der Waals surface area contributed by atoms with Crippen molar-refractivity contribution in [2.45, 2.75) is 63.7 Å². The van der Waals surface area contributed by atoms with E-state index in [1.165, 1.54) is 23.4 Å². The minimum absolute atomic E-state index is 0.328. The second kappa shape index (κ2) is 11.2. The zero-order valence-electron chi connectivity index (χ0n) is 21.9. The Kier molecular flexibility index (Phi) is 7.95. The van der Waals surface area contributed by atoms with Crippen LogP contribution in [0.3, 0.4) is 0 Å². The molecule has 0 unspecified atom stereocenters. The van der Waals surface area contributed by atoms with Crippen LogP contribution in [0.5, 0.6) is 0 Å². The van der Waals surface area contributed by atoms with Crippen LogP contribution in [0.1, 0.15) is 61.0 Å². The van der Waals surface area contributed by atoms with Crippen molar-refractivity contribution in [1.82, 2.24) is 14.8 Å². The molecule has 2 aromatic rings. The number of rotatable bonds is 7. The van der Waals surface area contributed by atoms with Crippen LogP contribution in [-0.4, -0.2) is 64.6 Å². The van der Waals surface area contributed by atoms with E-state index < -0.39 is 23.8 Å². The van der Waals surface area contributed by atoms with Gasteiger partial charge in [0.2, 0.25) is 0 Å². The van der Waals surface area contributed by atoms with Crippen molar-refractivity contribution in [1.29, 1.82) is 0 Å². The minimum atomic E-state index is -4.44. The van der Waals surface area contributed by atoms with Crippen LogP contribution in [-0.2, 0) is 23.8 Å². The maximum Gasteiger partial charge on any atom is 0.416 e. The molecule has 2 saturated heterocycles. The number of carbonyl (C=O) groups is 1. The number of aromatic nitrogens is 1. The van der Waals surface area contributed by atoms with E-state index in [2.05, 4.69) is 29.3 Å². The summed E-state index contributed by atoms with van der Waals surface area (Å²) < 4.78 is 38.9. The summed E-state index contributed by atoms with van der Waals surface area (Å²) in [4.78, 5) is 21.4. The van der Waals surface area contributed by atoms with Crippen molar-refractivity contribution in [2.24, 2.45) is 11.8 Å². The van der Waals surface area contributed by atoms with E-state index in [0.717, 1.165) is 76.1 Å². The number of alkyl halides is 3. The van der Waals surface area contributed by atoms with Gasteiger partial charge in [-0.3, -0.25) is 9.69 Å². The number of hydrogen-bond acceptors (Lipinski definition) is 5. The molecule has 3 atom stereocenters.